The molecule has 1 saturated carbocycles. The molecule has 2 heterocycles. The Bertz CT molecular complexity index is 1230. The van der Waals surface area contributed by atoms with Gasteiger partial charge in [0.2, 0.25) is 5.91 Å². The van der Waals surface area contributed by atoms with E-state index in [0.29, 0.717) is 44.0 Å². The molecule has 2 aromatic rings. The van der Waals surface area contributed by atoms with Crippen molar-refractivity contribution in [1.29, 1.82) is 0 Å². The highest BCUT2D eigenvalue weighted by atomic mass is 19.1. The molecule has 206 valence electrons. The second-order valence-electron chi connectivity index (χ2n) is 10.2. The Hall–Kier alpha value is -3.70. The van der Waals surface area contributed by atoms with Gasteiger partial charge in [-0.2, -0.15) is 5.10 Å². The van der Waals surface area contributed by atoms with Crippen LogP contribution in [0.5, 0.6) is 0 Å². The second kappa shape index (κ2) is 12.0. The maximum Gasteiger partial charge on any atom is 0.269 e. The fourth-order valence-corrected chi connectivity index (χ4v) is 5.14. The van der Waals surface area contributed by atoms with Crippen molar-refractivity contribution < 1.29 is 23.6 Å². The maximum absolute atomic E-state index is 13.7. The van der Waals surface area contributed by atoms with Crippen LogP contribution in [0.25, 0.3) is 0 Å². The Morgan fingerprint density at radius 1 is 1.08 bits per heavy atom. The average molecular weight is 538 g/mol. The Labute approximate surface area is 226 Å². The Balaban J connectivity index is 1.37. The minimum absolute atomic E-state index is 0.0000366. The lowest BCUT2D eigenvalue weighted by atomic mass is 9.84. The highest BCUT2D eigenvalue weighted by Crippen LogP contribution is 2.34. The predicted molar refractivity (Wildman–Crippen MR) is 141 cm³/mol. The molecule has 2 aliphatic heterocycles. The molecule has 2 fully saturated rings. The molecule has 1 atom stereocenters. The van der Waals surface area contributed by atoms with Gasteiger partial charge < -0.3 is 9.64 Å². The van der Waals surface area contributed by atoms with Crippen molar-refractivity contribution in [3.05, 3.63) is 75.6 Å². The number of rotatable bonds is 9. The number of non-ortho nitro benzene ring substituents is 1. The number of nitro groups is 1. The smallest absolute Gasteiger partial charge is 0.269 e. The average Bonchev–Trinajstić information content (AvgIpc) is 3.36. The summed E-state index contributed by atoms with van der Waals surface area (Å²) in [5.74, 6) is -0.754. The Kier molecular flexibility index (Phi) is 8.27. The van der Waals surface area contributed by atoms with E-state index in [1.807, 2.05) is 0 Å². The second-order valence-corrected chi connectivity index (χ2v) is 10.2. The summed E-state index contributed by atoms with van der Waals surface area (Å²) in [5, 5.41) is 17.1. The van der Waals surface area contributed by atoms with E-state index < -0.39 is 11.0 Å². The molecular formula is C28H32FN5O5. The van der Waals surface area contributed by atoms with Gasteiger partial charge in [-0.05, 0) is 48.2 Å². The zero-order valence-electron chi connectivity index (χ0n) is 21.7. The van der Waals surface area contributed by atoms with Crippen molar-refractivity contribution in [3.63, 3.8) is 0 Å². The van der Waals surface area contributed by atoms with Crippen molar-refractivity contribution in [2.24, 2.45) is 11.0 Å². The number of morpholine rings is 1. The number of benzene rings is 2. The lowest BCUT2D eigenvalue weighted by Crippen LogP contribution is -2.49. The molecule has 0 aromatic heterocycles. The van der Waals surface area contributed by atoms with Crippen LogP contribution in [-0.4, -0.2) is 83.2 Å². The van der Waals surface area contributed by atoms with Gasteiger partial charge in [0.1, 0.15) is 12.4 Å². The number of ether oxygens (including phenoxy) is 1. The van der Waals surface area contributed by atoms with Crippen molar-refractivity contribution in [1.82, 2.24) is 14.8 Å². The zero-order valence-corrected chi connectivity index (χ0v) is 21.7. The van der Waals surface area contributed by atoms with E-state index in [-0.39, 0.29) is 35.8 Å². The molecule has 39 heavy (non-hydrogen) atoms. The fourth-order valence-electron chi connectivity index (χ4n) is 5.14. The Morgan fingerprint density at radius 3 is 2.38 bits per heavy atom. The number of carbonyl (C=O) groups excluding carboxylic acids is 2. The predicted octanol–water partition coefficient (Wildman–Crippen LogP) is 3.37. The molecule has 1 saturated heterocycles. The van der Waals surface area contributed by atoms with Gasteiger partial charge >= 0.3 is 0 Å². The molecule has 3 aliphatic rings. The van der Waals surface area contributed by atoms with E-state index >= 15 is 0 Å². The molecule has 0 bridgehead atoms. The van der Waals surface area contributed by atoms with Crippen LogP contribution in [0.4, 0.5) is 10.1 Å². The van der Waals surface area contributed by atoms with Gasteiger partial charge in [0.15, 0.2) is 0 Å². The third kappa shape index (κ3) is 6.31. The molecule has 2 amide bonds. The maximum atomic E-state index is 13.7. The summed E-state index contributed by atoms with van der Waals surface area (Å²) >= 11 is 0. The highest BCUT2D eigenvalue weighted by Gasteiger charge is 2.36. The van der Waals surface area contributed by atoms with E-state index in [0.717, 1.165) is 37.9 Å². The monoisotopic (exact) mass is 537 g/mol. The summed E-state index contributed by atoms with van der Waals surface area (Å²) < 4.78 is 19.1. The fraction of sp³-hybridized carbons (Fsp3) is 0.464. The molecule has 5 rings (SSSR count). The van der Waals surface area contributed by atoms with Crippen molar-refractivity contribution in [2.45, 2.75) is 31.7 Å². The topological polar surface area (TPSA) is 109 Å². The first-order valence-electron chi connectivity index (χ1n) is 13.4. The van der Waals surface area contributed by atoms with Gasteiger partial charge in [-0.15, -0.1) is 0 Å². The third-order valence-corrected chi connectivity index (χ3v) is 7.71. The number of nitro benzene ring substituents is 1. The number of halogens is 1. The molecule has 10 nitrogen and oxygen atoms in total. The lowest BCUT2D eigenvalue weighted by Gasteiger charge is -2.34. The first-order chi connectivity index (χ1) is 18.9. The van der Waals surface area contributed by atoms with Gasteiger partial charge in [-0.25, -0.2) is 9.40 Å². The first kappa shape index (κ1) is 26.9. The number of hydrogen-bond donors (Lipinski definition) is 0. The zero-order chi connectivity index (χ0) is 27.4. The van der Waals surface area contributed by atoms with Crippen LogP contribution in [0, 0.1) is 21.8 Å². The van der Waals surface area contributed by atoms with E-state index in [9.17, 15) is 24.1 Å². The van der Waals surface area contributed by atoms with Crippen LogP contribution in [-0.2, 0) is 14.3 Å². The summed E-state index contributed by atoms with van der Waals surface area (Å²) in [6.45, 7) is 3.89. The van der Waals surface area contributed by atoms with E-state index in [2.05, 4.69) is 10.0 Å². The summed E-state index contributed by atoms with van der Waals surface area (Å²) in [7, 11) is 0. The highest BCUT2D eigenvalue weighted by molar-refractivity contribution is 6.03. The molecular weight excluding hydrogens is 505 g/mol. The third-order valence-electron chi connectivity index (χ3n) is 7.71. The number of amides is 2. The summed E-state index contributed by atoms with van der Waals surface area (Å²) in [6, 6.07) is 11.5. The largest absolute Gasteiger partial charge is 0.379 e. The van der Waals surface area contributed by atoms with Crippen LogP contribution in [0.1, 0.15) is 42.9 Å². The van der Waals surface area contributed by atoms with Crippen LogP contribution in [0.2, 0.25) is 0 Å². The number of carbonyl (C=O) groups is 2. The number of hydrazone groups is 1. The van der Waals surface area contributed by atoms with Crippen molar-refractivity contribution in [2.75, 3.05) is 45.9 Å². The molecule has 0 radical (unpaired) electrons. The minimum Gasteiger partial charge on any atom is -0.379 e. The molecule has 11 heteroatoms. The summed E-state index contributed by atoms with van der Waals surface area (Å²) in [4.78, 5) is 41.5. The molecule has 0 N–H and O–H groups in total. The van der Waals surface area contributed by atoms with Gasteiger partial charge in [-0.3, -0.25) is 24.6 Å². The standard InChI is InChI=1S/C28H32FN5O5/c29-23-8-4-21(5-9-23)26-18-25(20-6-10-24(11-7-20)34(37)38)30-33(26)27(35)19-32(28(36)22-2-1-3-22)13-12-31-14-16-39-17-15-31/h4-11,22,26H,1-3,12-19H2/t26-/m1/s1. The van der Waals surface area contributed by atoms with Gasteiger partial charge in [-0.1, -0.05) is 18.6 Å². The van der Waals surface area contributed by atoms with Gasteiger partial charge in [0.25, 0.3) is 11.6 Å². The first-order valence-corrected chi connectivity index (χ1v) is 13.4. The number of hydrogen-bond acceptors (Lipinski definition) is 7. The molecule has 0 spiro atoms. The van der Waals surface area contributed by atoms with Crippen molar-refractivity contribution >= 4 is 23.2 Å². The summed E-state index contributed by atoms with van der Waals surface area (Å²) in [6.07, 6.45) is 3.06. The minimum atomic E-state index is -0.483. The van der Waals surface area contributed by atoms with Crippen molar-refractivity contribution in [3.8, 4) is 0 Å². The van der Waals surface area contributed by atoms with Crippen LogP contribution in [0.15, 0.2) is 53.6 Å². The quantitative estimate of drug-likeness (QED) is 0.359. The van der Waals surface area contributed by atoms with Crippen LogP contribution < -0.4 is 0 Å². The lowest BCUT2D eigenvalue weighted by molar-refractivity contribution is -0.384. The van der Waals surface area contributed by atoms with E-state index in [4.69, 9.17) is 4.74 Å². The van der Waals surface area contributed by atoms with Gasteiger partial charge in [0.05, 0.1) is 29.9 Å². The number of nitrogens with zero attached hydrogens (tertiary/aromatic N) is 5. The normalized spacial score (nSPS) is 19.9. The molecule has 2 aromatic carbocycles. The SMILES string of the molecule is O=C(C1CCC1)N(CCN1CCOCC1)CC(=O)N1N=C(c2ccc([N+](=O)[O-])cc2)C[C@@H]1c1ccc(F)cc1. The van der Waals surface area contributed by atoms with Crippen LogP contribution >= 0.6 is 0 Å². The van der Waals surface area contributed by atoms with Crippen LogP contribution in [0.3, 0.4) is 0 Å². The van der Waals surface area contributed by atoms with E-state index in [1.165, 1.54) is 29.3 Å². The Morgan fingerprint density at radius 2 is 1.77 bits per heavy atom. The summed E-state index contributed by atoms with van der Waals surface area (Å²) in [5.41, 5.74) is 1.94. The molecule has 1 aliphatic carbocycles. The molecule has 0 unspecified atom stereocenters. The van der Waals surface area contributed by atoms with Gasteiger partial charge in [0, 0.05) is 50.7 Å². The van der Waals surface area contributed by atoms with E-state index in [1.54, 1.807) is 29.2 Å².